The Labute approximate surface area is 228 Å². The fraction of sp³-hybridized carbons (Fsp3) is 0.559. The van der Waals surface area contributed by atoms with Crippen molar-refractivity contribution in [3.8, 4) is 0 Å². The first-order valence-electron chi connectivity index (χ1n) is 14.9. The smallest absolute Gasteiger partial charge is 0.313 e. The number of carbonyl (C=O) groups is 1. The lowest BCUT2D eigenvalue weighted by Crippen LogP contribution is -2.58. The standard InChI is InChI=1S/C34H44FNO2/c1-5-30-34(8-4)29(19-18-27-17-16-25(22-36-27)24-13-12-14-26(35)21-24)28-15-10-9-11-20-32(28,6-2)23-33(34,7-3)31(37)38-30/h12-19,21,29-30,36H,5-11,20,22-23H2,1-4H3/b19-18+/t29?,30-,32+,33+,34-/m1/s1. The number of hydrogen-bond donors (Lipinski definition) is 1. The van der Waals surface area contributed by atoms with Crippen LogP contribution in [-0.2, 0) is 9.53 Å². The maximum Gasteiger partial charge on any atom is 0.313 e. The van der Waals surface area contributed by atoms with E-state index >= 15 is 0 Å². The number of dihydropyridines is 1. The van der Waals surface area contributed by atoms with Gasteiger partial charge in [0.15, 0.2) is 0 Å². The van der Waals surface area contributed by atoms with Crippen LogP contribution in [0.25, 0.3) is 5.57 Å². The minimum absolute atomic E-state index is 0.0425. The fourth-order valence-electron chi connectivity index (χ4n) is 8.63. The average molecular weight is 518 g/mol. The van der Waals surface area contributed by atoms with E-state index in [1.807, 2.05) is 6.07 Å². The first kappa shape index (κ1) is 27.0. The highest BCUT2D eigenvalue weighted by Crippen LogP contribution is 2.72. The Bertz CT molecular complexity index is 1190. The molecule has 2 aliphatic heterocycles. The van der Waals surface area contributed by atoms with Crippen LogP contribution in [0, 0.1) is 28.0 Å². The number of esters is 1. The van der Waals surface area contributed by atoms with Crippen LogP contribution < -0.4 is 5.32 Å². The molecule has 1 saturated carbocycles. The van der Waals surface area contributed by atoms with E-state index < -0.39 is 5.41 Å². The van der Waals surface area contributed by atoms with Gasteiger partial charge in [0.05, 0.1) is 5.41 Å². The highest BCUT2D eigenvalue weighted by Gasteiger charge is 2.72. The predicted octanol–water partition coefficient (Wildman–Crippen LogP) is 8.30. The number of rotatable bonds is 7. The molecule has 5 atom stereocenters. The Kier molecular flexibility index (Phi) is 7.46. The maximum atomic E-state index is 13.8. The van der Waals surface area contributed by atoms with Gasteiger partial charge in [-0.05, 0) is 92.2 Å². The van der Waals surface area contributed by atoms with Crippen molar-refractivity contribution in [1.29, 1.82) is 0 Å². The molecule has 2 aliphatic carbocycles. The number of allylic oxidation sites excluding steroid dienone is 6. The van der Waals surface area contributed by atoms with Crippen LogP contribution in [0.4, 0.5) is 4.39 Å². The molecule has 3 nitrogen and oxygen atoms in total. The van der Waals surface area contributed by atoms with E-state index in [-0.39, 0.29) is 34.6 Å². The third kappa shape index (κ3) is 4.01. The van der Waals surface area contributed by atoms with Crippen molar-refractivity contribution in [1.82, 2.24) is 5.32 Å². The molecule has 1 aromatic carbocycles. The van der Waals surface area contributed by atoms with Gasteiger partial charge in [0, 0.05) is 23.6 Å². The topological polar surface area (TPSA) is 38.3 Å². The number of hydrogen-bond acceptors (Lipinski definition) is 3. The second-order valence-corrected chi connectivity index (χ2v) is 11.9. The summed E-state index contributed by atoms with van der Waals surface area (Å²) in [6.07, 6.45) is 20.6. The van der Waals surface area contributed by atoms with Crippen LogP contribution in [-0.4, -0.2) is 18.6 Å². The van der Waals surface area contributed by atoms with Gasteiger partial charge in [0.1, 0.15) is 11.9 Å². The van der Waals surface area contributed by atoms with Gasteiger partial charge < -0.3 is 10.1 Å². The molecule has 5 rings (SSSR count). The zero-order valence-electron chi connectivity index (χ0n) is 23.6. The minimum atomic E-state index is -0.450. The summed E-state index contributed by atoms with van der Waals surface area (Å²) < 4.78 is 20.1. The van der Waals surface area contributed by atoms with E-state index in [0.717, 1.165) is 61.8 Å². The Hall–Kier alpha value is -2.62. The number of fused-ring (bicyclic) bond motifs is 2. The Morgan fingerprint density at radius 3 is 2.61 bits per heavy atom. The molecule has 204 valence electrons. The zero-order valence-corrected chi connectivity index (χ0v) is 23.6. The molecule has 0 spiro atoms. The van der Waals surface area contributed by atoms with Crippen molar-refractivity contribution in [3.05, 3.63) is 77.3 Å². The minimum Gasteiger partial charge on any atom is -0.461 e. The molecule has 0 radical (unpaired) electrons. The van der Waals surface area contributed by atoms with E-state index in [1.165, 1.54) is 18.9 Å². The number of carbonyl (C=O) groups excluding carboxylic acids is 1. The van der Waals surface area contributed by atoms with Crippen molar-refractivity contribution in [2.24, 2.45) is 22.2 Å². The molecule has 4 heteroatoms. The number of nitrogens with one attached hydrogen (secondary N) is 1. The SMILES string of the molecule is CC[C@H]1OC(=O)[C@]2(CC)C[C@]3(CC)CCCCC=C3C(/C=C/C3=CC=C(c4cccc(F)c4)CN3)[C@]12CC. The second-order valence-electron chi connectivity index (χ2n) is 11.9. The molecular weight excluding hydrogens is 473 g/mol. The molecule has 1 saturated heterocycles. The maximum absolute atomic E-state index is 13.8. The van der Waals surface area contributed by atoms with E-state index in [4.69, 9.17) is 4.74 Å². The van der Waals surface area contributed by atoms with Crippen LogP contribution in [0.1, 0.15) is 91.0 Å². The van der Waals surface area contributed by atoms with Crippen LogP contribution in [0.2, 0.25) is 0 Å². The molecule has 2 fully saturated rings. The molecular formula is C34H44FNO2. The molecule has 1 N–H and O–H groups in total. The van der Waals surface area contributed by atoms with E-state index in [9.17, 15) is 9.18 Å². The number of cyclic esters (lactones) is 1. The molecule has 1 unspecified atom stereocenters. The lowest BCUT2D eigenvalue weighted by Gasteiger charge is -2.59. The lowest BCUT2D eigenvalue weighted by molar-refractivity contribution is -0.152. The van der Waals surface area contributed by atoms with Crippen molar-refractivity contribution < 1.29 is 13.9 Å². The van der Waals surface area contributed by atoms with Crippen LogP contribution in [0.15, 0.2) is 65.9 Å². The summed E-state index contributed by atoms with van der Waals surface area (Å²) in [7, 11) is 0. The second kappa shape index (κ2) is 10.5. The third-order valence-corrected chi connectivity index (χ3v) is 10.6. The quantitative estimate of drug-likeness (QED) is 0.292. The van der Waals surface area contributed by atoms with E-state index in [2.05, 4.69) is 63.4 Å². The van der Waals surface area contributed by atoms with Gasteiger partial charge in [0.25, 0.3) is 0 Å². The van der Waals surface area contributed by atoms with Crippen LogP contribution in [0.5, 0.6) is 0 Å². The van der Waals surface area contributed by atoms with Crippen LogP contribution in [0.3, 0.4) is 0 Å². The summed E-state index contributed by atoms with van der Waals surface area (Å²) in [6, 6.07) is 6.78. The van der Waals surface area contributed by atoms with Gasteiger partial charge in [-0.3, -0.25) is 4.79 Å². The summed E-state index contributed by atoms with van der Waals surface area (Å²) in [5.41, 5.74) is 3.96. The number of ether oxygens (including phenoxy) is 1. The van der Waals surface area contributed by atoms with Gasteiger partial charge in [-0.2, -0.15) is 0 Å². The van der Waals surface area contributed by atoms with Crippen molar-refractivity contribution in [3.63, 3.8) is 0 Å². The largest absolute Gasteiger partial charge is 0.461 e. The third-order valence-electron chi connectivity index (χ3n) is 10.6. The van der Waals surface area contributed by atoms with E-state index in [1.54, 1.807) is 17.7 Å². The summed E-state index contributed by atoms with van der Waals surface area (Å²) in [4.78, 5) is 13.8. The van der Waals surface area contributed by atoms with Gasteiger partial charge in [-0.15, -0.1) is 0 Å². The van der Waals surface area contributed by atoms with E-state index in [0.29, 0.717) is 6.54 Å². The first-order valence-corrected chi connectivity index (χ1v) is 14.9. The van der Waals surface area contributed by atoms with Gasteiger partial charge in [0.2, 0.25) is 0 Å². The molecule has 1 aromatic rings. The summed E-state index contributed by atoms with van der Waals surface area (Å²) >= 11 is 0. The predicted molar refractivity (Wildman–Crippen MR) is 153 cm³/mol. The lowest BCUT2D eigenvalue weighted by atomic mass is 9.41. The Morgan fingerprint density at radius 1 is 1.11 bits per heavy atom. The highest BCUT2D eigenvalue weighted by atomic mass is 19.1. The van der Waals surface area contributed by atoms with Gasteiger partial charge in [-0.25, -0.2) is 4.39 Å². The van der Waals surface area contributed by atoms with Crippen molar-refractivity contribution >= 4 is 11.5 Å². The number of halogens is 1. The summed E-state index contributed by atoms with van der Waals surface area (Å²) in [5.74, 6) is -0.0117. The Balaban J connectivity index is 1.59. The zero-order chi connectivity index (χ0) is 27.0. The normalized spacial score (nSPS) is 34.9. The van der Waals surface area contributed by atoms with Gasteiger partial charge in [-0.1, -0.05) is 70.0 Å². The monoisotopic (exact) mass is 517 g/mol. The van der Waals surface area contributed by atoms with Crippen molar-refractivity contribution in [2.75, 3.05) is 6.54 Å². The average Bonchev–Trinajstić information content (AvgIpc) is 3.05. The van der Waals surface area contributed by atoms with Crippen molar-refractivity contribution in [2.45, 2.75) is 91.6 Å². The molecule has 0 aromatic heterocycles. The van der Waals surface area contributed by atoms with Gasteiger partial charge >= 0.3 is 5.97 Å². The first-order chi connectivity index (χ1) is 18.4. The molecule has 2 heterocycles. The number of benzene rings is 1. The fourth-order valence-corrected chi connectivity index (χ4v) is 8.63. The molecule has 0 amide bonds. The molecule has 4 aliphatic rings. The highest BCUT2D eigenvalue weighted by molar-refractivity contribution is 5.82. The van der Waals surface area contributed by atoms with Crippen LogP contribution >= 0.6 is 0 Å². The molecule has 0 bridgehead atoms. The Morgan fingerprint density at radius 2 is 1.95 bits per heavy atom. The summed E-state index contributed by atoms with van der Waals surface area (Å²) in [6.45, 7) is 9.64. The molecule has 38 heavy (non-hydrogen) atoms. The summed E-state index contributed by atoms with van der Waals surface area (Å²) in [5, 5.41) is 3.55.